The standard InChI is InChI=1S/C13H18N2OS/c1-10(13(9-16)17-2)15-8-12-5-3-11(7-14)4-6-12/h3-6,10,13,15-16H,8-9H2,1-2H3. The minimum Gasteiger partial charge on any atom is -0.395 e. The zero-order valence-corrected chi connectivity index (χ0v) is 11.0. The van der Waals surface area contributed by atoms with Gasteiger partial charge in [0.25, 0.3) is 0 Å². The smallest absolute Gasteiger partial charge is 0.0991 e. The van der Waals surface area contributed by atoms with Gasteiger partial charge in [0.1, 0.15) is 0 Å². The maximum atomic E-state index is 9.17. The Balaban J connectivity index is 2.47. The van der Waals surface area contributed by atoms with Crippen LogP contribution in [-0.2, 0) is 6.54 Å². The Labute approximate surface area is 107 Å². The molecule has 4 heteroatoms. The Morgan fingerprint density at radius 2 is 2.06 bits per heavy atom. The van der Waals surface area contributed by atoms with Crippen molar-refractivity contribution >= 4 is 11.8 Å². The van der Waals surface area contributed by atoms with E-state index in [4.69, 9.17) is 10.4 Å². The Morgan fingerprint density at radius 3 is 2.53 bits per heavy atom. The van der Waals surface area contributed by atoms with Crippen molar-refractivity contribution in [2.75, 3.05) is 12.9 Å². The molecule has 17 heavy (non-hydrogen) atoms. The first-order chi connectivity index (χ1) is 8.21. The first-order valence-corrected chi connectivity index (χ1v) is 6.86. The molecule has 2 unspecified atom stereocenters. The Bertz CT molecular complexity index is 368. The molecule has 0 spiro atoms. The topological polar surface area (TPSA) is 56.0 Å². The number of hydrogen-bond acceptors (Lipinski definition) is 4. The molecule has 0 heterocycles. The molecule has 1 aromatic carbocycles. The van der Waals surface area contributed by atoms with Gasteiger partial charge >= 0.3 is 0 Å². The summed E-state index contributed by atoms with van der Waals surface area (Å²) in [6.45, 7) is 3.01. The summed E-state index contributed by atoms with van der Waals surface area (Å²) in [5.74, 6) is 0. The molecule has 1 aromatic rings. The summed E-state index contributed by atoms with van der Waals surface area (Å²) in [5, 5.41) is 21.4. The van der Waals surface area contributed by atoms with E-state index in [9.17, 15) is 0 Å². The highest BCUT2D eigenvalue weighted by atomic mass is 32.2. The molecule has 3 nitrogen and oxygen atoms in total. The van der Waals surface area contributed by atoms with Gasteiger partial charge in [-0.3, -0.25) is 0 Å². The van der Waals surface area contributed by atoms with Crippen molar-refractivity contribution in [3.05, 3.63) is 35.4 Å². The first kappa shape index (κ1) is 14.0. The third kappa shape index (κ3) is 4.39. The molecular weight excluding hydrogens is 232 g/mol. The molecule has 2 atom stereocenters. The fourth-order valence-electron chi connectivity index (χ4n) is 1.54. The summed E-state index contributed by atoms with van der Waals surface area (Å²) in [6, 6.07) is 9.89. The van der Waals surface area contributed by atoms with Gasteiger partial charge < -0.3 is 10.4 Å². The van der Waals surface area contributed by atoms with Crippen LogP contribution in [-0.4, -0.2) is 29.3 Å². The van der Waals surface area contributed by atoms with Crippen LogP contribution in [0.15, 0.2) is 24.3 Å². The van der Waals surface area contributed by atoms with Gasteiger partial charge in [0.2, 0.25) is 0 Å². The number of rotatable bonds is 6. The summed E-state index contributed by atoms with van der Waals surface area (Å²) >= 11 is 1.66. The van der Waals surface area contributed by atoms with Crippen LogP contribution in [0.5, 0.6) is 0 Å². The molecule has 0 bridgehead atoms. The van der Waals surface area contributed by atoms with Crippen LogP contribution in [0, 0.1) is 11.3 Å². The number of benzene rings is 1. The summed E-state index contributed by atoms with van der Waals surface area (Å²) in [4.78, 5) is 0. The lowest BCUT2D eigenvalue weighted by Gasteiger charge is -2.21. The van der Waals surface area contributed by atoms with Gasteiger partial charge in [0.15, 0.2) is 0 Å². The first-order valence-electron chi connectivity index (χ1n) is 5.57. The van der Waals surface area contributed by atoms with E-state index in [1.165, 1.54) is 0 Å². The predicted octanol–water partition coefficient (Wildman–Crippen LogP) is 1.76. The van der Waals surface area contributed by atoms with Crippen LogP contribution in [0.3, 0.4) is 0 Å². The quantitative estimate of drug-likeness (QED) is 0.808. The third-order valence-electron chi connectivity index (χ3n) is 2.75. The molecule has 92 valence electrons. The van der Waals surface area contributed by atoms with Crippen LogP contribution >= 0.6 is 11.8 Å². The molecular formula is C13H18N2OS. The number of nitriles is 1. The van der Waals surface area contributed by atoms with E-state index in [-0.39, 0.29) is 17.9 Å². The fourth-order valence-corrected chi connectivity index (χ4v) is 2.20. The number of hydrogen-bond donors (Lipinski definition) is 2. The Hall–Kier alpha value is -1.02. The molecule has 0 aliphatic rings. The zero-order chi connectivity index (χ0) is 12.7. The molecule has 0 saturated heterocycles. The molecule has 0 aromatic heterocycles. The van der Waals surface area contributed by atoms with Crippen molar-refractivity contribution in [2.45, 2.75) is 24.8 Å². The largest absolute Gasteiger partial charge is 0.395 e. The summed E-state index contributed by atoms with van der Waals surface area (Å²) in [5.41, 5.74) is 1.83. The summed E-state index contributed by atoms with van der Waals surface area (Å²) in [7, 11) is 0. The van der Waals surface area contributed by atoms with Crippen molar-refractivity contribution in [2.24, 2.45) is 0 Å². The molecule has 0 fully saturated rings. The monoisotopic (exact) mass is 250 g/mol. The number of aliphatic hydroxyl groups excluding tert-OH is 1. The van der Waals surface area contributed by atoms with Gasteiger partial charge in [-0.05, 0) is 30.9 Å². The highest BCUT2D eigenvalue weighted by molar-refractivity contribution is 7.99. The van der Waals surface area contributed by atoms with Crippen molar-refractivity contribution in [1.29, 1.82) is 5.26 Å². The van der Waals surface area contributed by atoms with E-state index in [0.29, 0.717) is 5.56 Å². The predicted molar refractivity (Wildman–Crippen MR) is 71.8 cm³/mol. The molecule has 2 N–H and O–H groups in total. The molecule has 0 aliphatic heterocycles. The minimum atomic E-state index is 0.183. The lowest BCUT2D eigenvalue weighted by Crippen LogP contribution is -2.37. The number of thioether (sulfide) groups is 1. The highest BCUT2D eigenvalue weighted by Gasteiger charge is 2.13. The van der Waals surface area contributed by atoms with E-state index < -0.39 is 0 Å². The second-order valence-electron chi connectivity index (χ2n) is 3.94. The van der Waals surface area contributed by atoms with Gasteiger partial charge in [-0.25, -0.2) is 0 Å². The SMILES string of the molecule is CSC(CO)C(C)NCc1ccc(C#N)cc1. The molecule has 0 amide bonds. The van der Waals surface area contributed by atoms with Crippen LogP contribution in [0.2, 0.25) is 0 Å². The van der Waals surface area contributed by atoms with E-state index >= 15 is 0 Å². The van der Waals surface area contributed by atoms with Gasteiger partial charge in [0.05, 0.1) is 18.2 Å². The van der Waals surface area contributed by atoms with Crippen molar-refractivity contribution in [3.63, 3.8) is 0 Å². The van der Waals surface area contributed by atoms with Crippen LogP contribution in [0.25, 0.3) is 0 Å². The molecule has 1 rings (SSSR count). The van der Waals surface area contributed by atoms with Crippen molar-refractivity contribution < 1.29 is 5.11 Å². The number of nitrogens with zero attached hydrogens (tertiary/aromatic N) is 1. The van der Waals surface area contributed by atoms with Gasteiger partial charge in [-0.15, -0.1) is 0 Å². The minimum absolute atomic E-state index is 0.183. The number of aliphatic hydroxyl groups is 1. The normalized spacial score (nSPS) is 14.0. The maximum Gasteiger partial charge on any atom is 0.0991 e. The zero-order valence-electron chi connectivity index (χ0n) is 10.2. The molecule has 0 saturated carbocycles. The second kappa shape index (κ2) is 7.33. The van der Waals surface area contributed by atoms with E-state index in [1.54, 1.807) is 11.8 Å². The fraction of sp³-hybridized carbons (Fsp3) is 0.462. The van der Waals surface area contributed by atoms with Gasteiger partial charge in [-0.1, -0.05) is 12.1 Å². The average molecular weight is 250 g/mol. The van der Waals surface area contributed by atoms with E-state index in [1.807, 2.05) is 30.5 Å². The summed E-state index contributed by atoms with van der Waals surface area (Å²) in [6.07, 6.45) is 2.00. The van der Waals surface area contributed by atoms with Crippen LogP contribution in [0.4, 0.5) is 0 Å². The lowest BCUT2D eigenvalue weighted by atomic mass is 10.1. The van der Waals surface area contributed by atoms with Crippen molar-refractivity contribution in [1.82, 2.24) is 5.32 Å². The van der Waals surface area contributed by atoms with E-state index in [0.717, 1.165) is 12.1 Å². The Kier molecular flexibility index (Phi) is 6.06. The van der Waals surface area contributed by atoms with E-state index in [2.05, 4.69) is 18.3 Å². The van der Waals surface area contributed by atoms with Crippen LogP contribution < -0.4 is 5.32 Å². The highest BCUT2D eigenvalue weighted by Crippen LogP contribution is 2.11. The maximum absolute atomic E-state index is 9.17. The van der Waals surface area contributed by atoms with Gasteiger partial charge in [-0.2, -0.15) is 17.0 Å². The Morgan fingerprint density at radius 1 is 1.41 bits per heavy atom. The van der Waals surface area contributed by atoms with Gasteiger partial charge in [0, 0.05) is 17.8 Å². The second-order valence-corrected chi connectivity index (χ2v) is 5.01. The lowest BCUT2D eigenvalue weighted by molar-refractivity contribution is 0.276. The molecule has 0 aliphatic carbocycles. The molecule has 0 radical (unpaired) electrons. The number of nitrogens with one attached hydrogen (secondary N) is 1. The third-order valence-corrected chi connectivity index (χ3v) is 3.91. The average Bonchev–Trinajstić information content (AvgIpc) is 2.38. The van der Waals surface area contributed by atoms with Crippen LogP contribution in [0.1, 0.15) is 18.1 Å². The van der Waals surface area contributed by atoms with Crippen molar-refractivity contribution in [3.8, 4) is 6.07 Å². The summed E-state index contributed by atoms with van der Waals surface area (Å²) < 4.78 is 0.